The smallest absolute Gasteiger partial charge is 0.278 e. The highest BCUT2D eigenvalue weighted by Crippen LogP contribution is 2.26. The molecule has 1 aliphatic heterocycles. The second kappa shape index (κ2) is 6.70. The van der Waals surface area contributed by atoms with Crippen LogP contribution in [0.4, 0.5) is 11.6 Å². The molecule has 0 spiro atoms. The summed E-state index contributed by atoms with van der Waals surface area (Å²) in [5.74, 6) is 0.840. The van der Waals surface area contributed by atoms with Gasteiger partial charge in [-0.1, -0.05) is 11.2 Å². The van der Waals surface area contributed by atoms with Crippen LogP contribution in [0.5, 0.6) is 5.75 Å². The van der Waals surface area contributed by atoms with Crippen molar-refractivity contribution in [3.63, 3.8) is 0 Å². The van der Waals surface area contributed by atoms with Crippen LogP contribution in [0.1, 0.15) is 16.1 Å². The van der Waals surface area contributed by atoms with Crippen molar-refractivity contribution in [2.75, 3.05) is 43.6 Å². The second-order valence-corrected chi connectivity index (χ2v) is 5.31. The fourth-order valence-electron chi connectivity index (χ4n) is 2.41. The van der Waals surface area contributed by atoms with Gasteiger partial charge < -0.3 is 24.2 Å². The predicted octanol–water partition coefficient (Wildman–Crippen LogP) is 2.08. The van der Waals surface area contributed by atoms with Gasteiger partial charge in [0.1, 0.15) is 5.75 Å². The summed E-state index contributed by atoms with van der Waals surface area (Å²) in [5.41, 5.74) is 1.86. The molecule has 0 unspecified atom stereocenters. The number of carbonyl (C=O) groups is 1. The highest BCUT2D eigenvalue weighted by molar-refractivity contribution is 6.04. The molecule has 0 bridgehead atoms. The molecular weight excluding hydrogens is 298 g/mol. The zero-order valence-electron chi connectivity index (χ0n) is 13.2. The summed E-state index contributed by atoms with van der Waals surface area (Å²) in [7, 11) is 1.56. The average molecular weight is 317 g/mol. The molecule has 0 saturated carbocycles. The lowest BCUT2D eigenvalue weighted by atomic mass is 10.2. The van der Waals surface area contributed by atoms with Gasteiger partial charge in [-0.2, -0.15) is 0 Å². The Morgan fingerprint density at radius 1 is 1.30 bits per heavy atom. The Morgan fingerprint density at radius 3 is 2.83 bits per heavy atom. The van der Waals surface area contributed by atoms with Gasteiger partial charge in [0.15, 0.2) is 5.69 Å². The van der Waals surface area contributed by atoms with Crippen molar-refractivity contribution in [1.29, 1.82) is 0 Å². The van der Waals surface area contributed by atoms with Gasteiger partial charge in [-0.25, -0.2) is 0 Å². The minimum atomic E-state index is -0.336. The number of methoxy groups -OCH3 is 1. The van der Waals surface area contributed by atoms with Gasteiger partial charge in [-0.05, 0) is 24.6 Å². The van der Waals surface area contributed by atoms with Crippen LogP contribution in [-0.4, -0.2) is 44.5 Å². The van der Waals surface area contributed by atoms with E-state index in [1.54, 1.807) is 13.2 Å². The number of anilines is 2. The van der Waals surface area contributed by atoms with E-state index in [0.717, 1.165) is 18.7 Å². The molecule has 1 aromatic heterocycles. The number of hydrogen-bond donors (Lipinski definition) is 1. The molecule has 7 nitrogen and oxygen atoms in total. The van der Waals surface area contributed by atoms with Crippen molar-refractivity contribution in [2.24, 2.45) is 0 Å². The third-order valence-corrected chi connectivity index (χ3v) is 3.66. The van der Waals surface area contributed by atoms with E-state index in [1.807, 2.05) is 30.0 Å². The number of benzene rings is 1. The van der Waals surface area contributed by atoms with Crippen molar-refractivity contribution in [2.45, 2.75) is 6.92 Å². The van der Waals surface area contributed by atoms with E-state index >= 15 is 0 Å². The van der Waals surface area contributed by atoms with Crippen LogP contribution in [-0.2, 0) is 4.74 Å². The van der Waals surface area contributed by atoms with Gasteiger partial charge in [0.2, 0.25) is 5.88 Å². The molecule has 7 heteroatoms. The van der Waals surface area contributed by atoms with Gasteiger partial charge in [-0.15, -0.1) is 0 Å². The van der Waals surface area contributed by atoms with Crippen LogP contribution >= 0.6 is 0 Å². The first kappa shape index (κ1) is 15.4. The summed E-state index contributed by atoms with van der Waals surface area (Å²) in [6, 6.07) is 7.22. The van der Waals surface area contributed by atoms with Crippen molar-refractivity contribution < 1.29 is 18.8 Å². The van der Waals surface area contributed by atoms with Crippen LogP contribution < -0.4 is 15.0 Å². The topological polar surface area (TPSA) is 76.8 Å². The maximum absolute atomic E-state index is 12.4. The average Bonchev–Trinajstić information content (AvgIpc) is 3.06. The number of nitrogens with one attached hydrogen (secondary N) is 1. The fourth-order valence-corrected chi connectivity index (χ4v) is 2.41. The van der Waals surface area contributed by atoms with E-state index in [0.29, 0.717) is 30.5 Å². The molecule has 122 valence electrons. The minimum absolute atomic E-state index is 0.232. The molecule has 23 heavy (non-hydrogen) atoms. The van der Waals surface area contributed by atoms with Gasteiger partial charge in [0.05, 0.1) is 26.0 Å². The van der Waals surface area contributed by atoms with Crippen LogP contribution in [0.3, 0.4) is 0 Å². The highest BCUT2D eigenvalue weighted by Gasteiger charge is 2.19. The summed E-state index contributed by atoms with van der Waals surface area (Å²) in [4.78, 5) is 14.4. The lowest BCUT2D eigenvalue weighted by Gasteiger charge is -2.25. The predicted molar refractivity (Wildman–Crippen MR) is 85.2 cm³/mol. The molecule has 0 aliphatic carbocycles. The number of aryl methyl sites for hydroxylation is 1. The van der Waals surface area contributed by atoms with Gasteiger partial charge in [0.25, 0.3) is 5.91 Å². The van der Waals surface area contributed by atoms with Crippen LogP contribution in [0.25, 0.3) is 0 Å². The Morgan fingerprint density at radius 2 is 2.09 bits per heavy atom. The fraction of sp³-hybridized carbons (Fsp3) is 0.375. The van der Waals surface area contributed by atoms with Crippen LogP contribution in [0.15, 0.2) is 28.8 Å². The lowest BCUT2D eigenvalue weighted by molar-refractivity contribution is 0.101. The van der Waals surface area contributed by atoms with Crippen LogP contribution in [0.2, 0.25) is 0 Å². The van der Waals surface area contributed by atoms with Crippen molar-refractivity contribution in [3.05, 3.63) is 35.5 Å². The van der Waals surface area contributed by atoms with E-state index < -0.39 is 0 Å². The number of amides is 1. The molecule has 1 aliphatic rings. The number of hydrogen-bond acceptors (Lipinski definition) is 6. The first-order valence-corrected chi connectivity index (χ1v) is 7.43. The summed E-state index contributed by atoms with van der Waals surface area (Å²) in [5, 5.41) is 6.66. The van der Waals surface area contributed by atoms with Crippen LogP contribution in [0, 0.1) is 6.92 Å². The maximum Gasteiger partial charge on any atom is 0.278 e. The summed E-state index contributed by atoms with van der Waals surface area (Å²) < 4.78 is 15.8. The normalized spacial score (nSPS) is 14.6. The highest BCUT2D eigenvalue weighted by atomic mass is 16.5. The Balaban J connectivity index is 1.73. The zero-order valence-corrected chi connectivity index (χ0v) is 13.2. The zero-order chi connectivity index (χ0) is 16.2. The molecule has 1 fully saturated rings. The lowest BCUT2D eigenvalue weighted by Crippen LogP contribution is -2.35. The molecule has 2 aromatic rings. The molecule has 1 N–H and O–H groups in total. The molecule has 1 saturated heterocycles. The Labute approximate surface area is 134 Å². The molecular formula is C16H19N3O4. The van der Waals surface area contributed by atoms with Gasteiger partial charge in [-0.3, -0.25) is 4.79 Å². The van der Waals surface area contributed by atoms with E-state index in [1.165, 1.54) is 0 Å². The number of aromatic nitrogens is 1. The SMILES string of the molecule is COc1ccc(C)cc1NC(=O)c1cc(N2CCOCC2)on1. The third kappa shape index (κ3) is 3.45. The van der Waals surface area contributed by atoms with E-state index in [-0.39, 0.29) is 11.6 Å². The van der Waals surface area contributed by atoms with Crippen molar-refractivity contribution in [1.82, 2.24) is 5.16 Å². The summed E-state index contributed by atoms with van der Waals surface area (Å²) in [6.45, 7) is 4.68. The van der Waals surface area contributed by atoms with Crippen molar-refractivity contribution >= 4 is 17.5 Å². The van der Waals surface area contributed by atoms with Gasteiger partial charge >= 0.3 is 0 Å². The standard InChI is InChI=1S/C16H19N3O4/c1-11-3-4-14(21-2)12(9-11)17-16(20)13-10-15(23-18-13)19-5-7-22-8-6-19/h3-4,9-10H,5-8H2,1-2H3,(H,17,20). The number of carbonyl (C=O) groups excluding carboxylic acids is 1. The quantitative estimate of drug-likeness (QED) is 0.930. The molecule has 1 amide bonds. The first-order valence-electron chi connectivity index (χ1n) is 7.43. The van der Waals surface area contributed by atoms with E-state index in [4.69, 9.17) is 14.0 Å². The minimum Gasteiger partial charge on any atom is -0.495 e. The summed E-state index contributed by atoms with van der Waals surface area (Å²) in [6.07, 6.45) is 0. The maximum atomic E-state index is 12.4. The number of nitrogens with zero attached hydrogens (tertiary/aromatic N) is 2. The van der Waals surface area contributed by atoms with Crippen molar-refractivity contribution in [3.8, 4) is 5.75 Å². The number of ether oxygens (including phenoxy) is 2. The van der Waals surface area contributed by atoms with Gasteiger partial charge in [0, 0.05) is 19.2 Å². The first-order chi connectivity index (χ1) is 11.2. The molecule has 0 radical (unpaired) electrons. The largest absolute Gasteiger partial charge is 0.495 e. The monoisotopic (exact) mass is 317 g/mol. The number of rotatable bonds is 4. The Bertz CT molecular complexity index is 692. The molecule has 0 atom stereocenters. The summed E-state index contributed by atoms with van der Waals surface area (Å²) >= 11 is 0. The van der Waals surface area contributed by atoms with E-state index in [9.17, 15) is 4.79 Å². The molecule has 3 rings (SSSR count). The number of morpholine rings is 1. The molecule has 1 aromatic carbocycles. The Hall–Kier alpha value is -2.54. The van der Waals surface area contributed by atoms with E-state index in [2.05, 4.69) is 10.5 Å². The third-order valence-electron chi connectivity index (χ3n) is 3.66. The molecule has 2 heterocycles. The second-order valence-electron chi connectivity index (χ2n) is 5.31. The Kier molecular flexibility index (Phi) is 4.47.